The van der Waals surface area contributed by atoms with E-state index in [1.54, 1.807) is 27.7 Å². The van der Waals surface area contributed by atoms with Crippen molar-refractivity contribution >= 4 is 35.5 Å². The third kappa shape index (κ3) is 9.73. The fraction of sp³-hybridized carbons (Fsp3) is 0.684. The Labute approximate surface area is 186 Å². The first kappa shape index (κ1) is 28.8. The number of hydrogen-bond acceptors (Lipinski definition) is 7. The number of primary amides is 2. The van der Waals surface area contributed by atoms with Gasteiger partial charge in [-0.05, 0) is 11.8 Å². The van der Waals surface area contributed by atoms with Crippen LogP contribution in [0, 0.1) is 11.8 Å². The number of carboxylic acids is 1. The Morgan fingerprint density at radius 3 is 1.69 bits per heavy atom. The molecule has 0 heterocycles. The molecule has 0 rings (SSSR count). The van der Waals surface area contributed by atoms with Crippen LogP contribution in [0.3, 0.4) is 0 Å². The number of nitrogens with one attached hydrogen (secondary N) is 3. The average molecular weight is 459 g/mol. The molecule has 0 aromatic rings. The maximum atomic E-state index is 12.7. The minimum atomic E-state index is -1.47. The van der Waals surface area contributed by atoms with Gasteiger partial charge in [0.1, 0.15) is 18.1 Å². The van der Waals surface area contributed by atoms with Crippen molar-refractivity contribution in [2.24, 2.45) is 29.0 Å². The predicted octanol–water partition coefficient (Wildman–Crippen LogP) is -2.69. The van der Waals surface area contributed by atoms with Gasteiger partial charge >= 0.3 is 5.97 Å². The van der Waals surface area contributed by atoms with E-state index in [-0.39, 0.29) is 5.92 Å². The molecule has 0 fully saturated rings. The number of hydrogen-bond donors (Lipinski definition) is 7. The molecule has 0 aliphatic rings. The molecule has 13 nitrogen and oxygen atoms in total. The molecule has 13 heteroatoms. The molecule has 32 heavy (non-hydrogen) atoms. The quantitative estimate of drug-likeness (QED) is 0.144. The predicted molar refractivity (Wildman–Crippen MR) is 113 cm³/mol. The van der Waals surface area contributed by atoms with Crippen molar-refractivity contribution in [2.45, 2.75) is 71.1 Å². The Bertz CT molecular complexity index is 727. The van der Waals surface area contributed by atoms with Crippen LogP contribution in [0.25, 0.3) is 0 Å². The Balaban J connectivity index is 5.50. The van der Waals surface area contributed by atoms with E-state index in [1.807, 2.05) is 0 Å². The zero-order chi connectivity index (χ0) is 25.2. The molecule has 5 atom stereocenters. The van der Waals surface area contributed by atoms with Crippen molar-refractivity contribution < 1.29 is 33.9 Å². The monoisotopic (exact) mass is 458 g/mol. The molecule has 0 aromatic carbocycles. The molecule has 0 aromatic heterocycles. The molecule has 0 bridgehead atoms. The molecule has 0 aliphatic heterocycles. The highest BCUT2D eigenvalue weighted by atomic mass is 16.4. The normalized spacial score (nSPS) is 15.6. The van der Waals surface area contributed by atoms with Crippen LogP contribution in [0.15, 0.2) is 0 Å². The van der Waals surface area contributed by atoms with E-state index in [0.29, 0.717) is 6.42 Å². The van der Waals surface area contributed by atoms with E-state index in [1.165, 1.54) is 0 Å². The van der Waals surface area contributed by atoms with Gasteiger partial charge in [-0.25, -0.2) is 4.79 Å². The zero-order valence-corrected chi connectivity index (χ0v) is 18.7. The molecule has 5 amide bonds. The van der Waals surface area contributed by atoms with Crippen molar-refractivity contribution in [3.8, 4) is 0 Å². The van der Waals surface area contributed by atoms with E-state index in [4.69, 9.17) is 17.2 Å². The molecule has 10 N–H and O–H groups in total. The fourth-order valence-corrected chi connectivity index (χ4v) is 2.71. The number of carboxylic acid groups (broad SMARTS) is 1. The van der Waals surface area contributed by atoms with Crippen LogP contribution < -0.4 is 33.2 Å². The Morgan fingerprint density at radius 1 is 0.781 bits per heavy atom. The molecule has 0 radical (unpaired) electrons. The molecule has 0 aliphatic carbocycles. The summed E-state index contributed by atoms with van der Waals surface area (Å²) in [4.78, 5) is 71.4. The first-order valence-corrected chi connectivity index (χ1v) is 10.2. The molecule has 5 unspecified atom stereocenters. The van der Waals surface area contributed by atoms with Crippen molar-refractivity contribution in [3.05, 3.63) is 0 Å². The Hall–Kier alpha value is -3.22. The first-order valence-electron chi connectivity index (χ1n) is 10.2. The van der Waals surface area contributed by atoms with Gasteiger partial charge in [-0.3, -0.25) is 24.0 Å². The minimum Gasteiger partial charge on any atom is -0.480 e. The number of rotatable bonds is 14. The van der Waals surface area contributed by atoms with E-state index < -0.39 is 78.4 Å². The number of carbonyl (C=O) groups is 6. The third-order valence-corrected chi connectivity index (χ3v) is 4.82. The summed E-state index contributed by atoms with van der Waals surface area (Å²) in [5.41, 5.74) is 15.7. The highest BCUT2D eigenvalue weighted by Crippen LogP contribution is 2.10. The van der Waals surface area contributed by atoms with Gasteiger partial charge in [0, 0.05) is 0 Å². The standard InChI is InChI=1S/C19H34N6O7/c1-5-9(4)15(19(31)32)25-18(30)14(8(2)3)24-17(29)11(7-13(22)27)23-16(28)10(20)6-12(21)26/h8-11,14-15H,5-7,20H2,1-4H3,(H2,21,26)(H2,22,27)(H,23,28)(H,24,29)(H,25,30)(H,31,32). The second kappa shape index (κ2) is 13.2. The molecule has 0 saturated heterocycles. The van der Waals surface area contributed by atoms with E-state index in [2.05, 4.69) is 16.0 Å². The zero-order valence-electron chi connectivity index (χ0n) is 18.7. The van der Waals surface area contributed by atoms with Gasteiger partial charge in [0.05, 0.1) is 18.9 Å². The van der Waals surface area contributed by atoms with Gasteiger partial charge in [-0.2, -0.15) is 0 Å². The van der Waals surface area contributed by atoms with Gasteiger partial charge in [-0.15, -0.1) is 0 Å². The summed E-state index contributed by atoms with van der Waals surface area (Å²) in [5.74, 6) is -6.37. The highest BCUT2D eigenvalue weighted by molar-refractivity contribution is 5.97. The SMILES string of the molecule is CCC(C)C(NC(=O)C(NC(=O)C(CC(N)=O)NC(=O)C(N)CC(N)=O)C(C)C)C(=O)O. The van der Waals surface area contributed by atoms with E-state index >= 15 is 0 Å². The lowest BCUT2D eigenvalue weighted by Crippen LogP contribution is -2.59. The first-order chi connectivity index (χ1) is 14.7. The smallest absolute Gasteiger partial charge is 0.326 e. The second-order valence-electron chi connectivity index (χ2n) is 7.95. The Kier molecular flexibility index (Phi) is 11.9. The summed E-state index contributed by atoms with van der Waals surface area (Å²) >= 11 is 0. The summed E-state index contributed by atoms with van der Waals surface area (Å²) in [7, 11) is 0. The topological polar surface area (TPSA) is 237 Å². The highest BCUT2D eigenvalue weighted by Gasteiger charge is 2.33. The number of amides is 5. The molecule has 0 saturated carbocycles. The number of aliphatic carboxylic acids is 1. The largest absolute Gasteiger partial charge is 0.480 e. The van der Waals surface area contributed by atoms with Crippen LogP contribution in [0.2, 0.25) is 0 Å². The minimum absolute atomic E-state index is 0.367. The van der Waals surface area contributed by atoms with Crippen LogP contribution in [-0.2, 0) is 28.8 Å². The van der Waals surface area contributed by atoms with Crippen molar-refractivity contribution in [2.75, 3.05) is 0 Å². The molecular formula is C19H34N6O7. The summed E-state index contributed by atoms with van der Waals surface area (Å²) < 4.78 is 0. The summed E-state index contributed by atoms with van der Waals surface area (Å²) in [6.07, 6.45) is -0.591. The van der Waals surface area contributed by atoms with Crippen LogP contribution >= 0.6 is 0 Å². The van der Waals surface area contributed by atoms with Gasteiger partial charge in [0.25, 0.3) is 0 Å². The van der Waals surface area contributed by atoms with Gasteiger partial charge in [0.15, 0.2) is 0 Å². The van der Waals surface area contributed by atoms with Crippen molar-refractivity contribution in [3.63, 3.8) is 0 Å². The number of nitrogens with two attached hydrogens (primary N) is 3. The fourth-order valence-electron chi connectivity index (χ4n) is 2.71. The van der Waals surface area contributed by atoms with Crippen LogP contribution in [0.1, 0.15) is 47.0 Å². The van der Waals surface area contributed by atoms with Crippen LogP contribution in [0.5, 0.6) is 0 Å². The van der Waals surface area contributed by atoms with Gasteiger partial charge in [0.2, 0.25) is 29.5 Å². The van der Waals surface area contributed by atoms with Crippen molar-refractivity contribution in [1.29, 1.82) is 0 Å². The third-order valence-electron chi connectivity index (χ3n) is 4.82. The van der Waals surface area contributed by atoms with E-state index in [9.17, 15) is 33.9 Å². The maximum absolute atomic E-state index is 12.7. The molecule has 0 spiro atoms. The van der Waals surface area contributed by atoms with Crippen LogP contribution in [-0.4, -0.2) is 64.8 Å². The van der Waals surface area contributed by atoms with E-state index in [0.717, 1.165) is 0 Å². The lowest BCUT2D eigenvalue weighted by Gasteiger charge is -2.28. The molecule has 182 valence electrons. The molecular weight excluding hydrogens is 424 g/mol. The van der Waals surface area contributed by atoms with Crippen molar-refractivity contribution in [1.82, 2.24) is 16.0 Å². The summed E-state index contributed by atoms with van der Waals surface area (Å²) in [5, 5.41) is 16.4. The van der Waals surface area contributed by atoms with Gasteiger partial charge in [-0.1, -0.05) is 34.1 Å². The lowest BCUT2D eigenvalue weighted by molar-refractivity contribution is -0.144. The summed E-state index contributed by atoms with van der Waals surface area (Å²) in [6, 6.07) is -5.16. The maximum Gasteiger partial charge on any atom is 0.326 e. The van der Waals surface area contributed by atoms with Gasteiger partial charge < -0.3 is 38.3 Å². The average Bonchev–Trinajstić information content (AvgIpc) is 2.67. The Morgan fingerprint density at radius 2 is 1.28 bits per heavy atom. The van der Waals surface area contributed by atoms with Crippen LogP contribution in [0.4, 0.5) is 0 Å². The number of carbonyl (C=O) groups excluding carboxylic acids is 5. The summed E-state index contributed by atoms with van der Waals surface area (Å²) in [6.45, 7) is 6.67. The lowest BCUT2D eigenvalue weighted by atomic mass is 9.97. The second-order valence-corrected chi connectivity index (χ2v) is 7.95.